The van der Waals surface area contributed by atoms with Crippen molar-refractivity contribution in [3.8, 4) is 0 Å². The molecule has 2 aromatic carbocycles. The van der Waals surface area contributed by atoms with E-state index >= 15 is 0 Å². The molecule has 0 radical (unpaired) electrons. The Morgan fingerprint density at radius 3 is 2.00 bits per heavy atom. The topological polar surface area (TPSA) is 91.8 Å². The van der Waals surface area contributed by atoms with Crippen molar-refractivity contribution in [1.82, 2.24) is 20.1 Å². The average molecular weight is 513 g/mol. The van der Waals surface area contributed by atoms with E-state index < -0.39 is 11.8 Å². The van der Waals surface area contributed by atoms with Gasteiger partial charge in [0.15, 0.2) is 0 Å². The zero-order valence-electron chi connectivity index (χ0n) is 21.7. The summed E-state index contributed by atoms with van der Waals surface area (Å²) in [6.07, 6.45) is 4.20. The number of aromatic nitrogens is 1. The molecule has 2 saturated heterocycles. The molecule has 1 atom stereocenters. The third-order valence-corrected chi connectivity index (χ3v) is 7.43. The Morgan fingerprint density at radius 1 is 0.868 bits per heavy atom. The first kappa shape index (κ1) is 25.6. The smallest absolute Gasteiger partial charge is 0.256 e. The normalized spacial score (nSPS) is 18.4. The third kappa shape index (κ3) is 5.17. The average Bonchev–Trinajstić information content (AvgIpc) is 3.31. The maximum absolute atomic E-state index is 13.9. The molecular formula is C30H32N4O4. The number of pyridine rings is 1. The second-order valence-electron chi connectivity index (χ2n) is 10.0. The Morgan fingerprint density at radius 2 is 1.42 bits per heavy atom. The minimum atomic E-state index is -0.954. The first-order valence-electron chi connectivity index (χ1n) is 12.9. The summed E-state index contributed by atoms with van der Waals surface area (Å²) in [5, 5.41) is 2.96. The SMILES string of the molecule is Cc1ccc(C(=O)N2CCC3(CC2)OC[C@H](C(=O)NCc2ccncc2)N3C(=O)c2ccc(C)cc2)cc1. The third-order valence-electron chi connectivity index (χ3n) is 7.43. The van der Waals surface area contributed by atoms with Gasteiger partial charge < -0.3 is 15.0 Å². The lowest BCUT2D eigenvalue weighted by atomic mass is 9.95. The number of nitrogens with zero attached hydrogens (tertiary/aromatic N) is 3. The summed E-state index contributed by atoms with van der Waals surface area (Å²) in [6.45, 7) is 5.23. The van der Waals surface area contributed by atoms with E-state index in [-0.39, 0.29) is 24.3 Å². The Kier molecular flexibility index (Phi) is 7.24. The molecule has 3 heterocycles. The van der Waals surface area contributed by atoms with E-state index in [1.165, 1.54) is 0 Å². The van der Waals surface area contributed by atoms with Gasteiger partial charge in [-0.05, 0) is 55.8 Å². The van der Waals surface area contributed by atoms with Crippen LogP contribution in [-0.2, 0) is 16.1 Å². The summed E-state index contributed by atoms with van der Waals surface area (Å²) in [4.78, 5) is 47.8. The van der Waals surface area contributed by atoms with E-state index in [4.69, 9.17) is 4.74 Å². The second-order valence-corrected chi connectivity index (χ2v) is 10.0. The van der Waals surface area contributed by atoms with E-state index in [1.54, 1.807) is 34.3 Å². The number of carbonyl (C=O) groups excluding carboxylic acids is 3. The summed E-state index contributed by atoms with van der Waals surface area (Å²) >= 11 is 0. The number of amides is 3. The van der Waals surface area contributed by atoms with Crippen molar-refractivity contribution in [2.45, 2.75) is 45.0 Å². The van der Waals surface area contributed by atoms with Crippen molar-refractivity contribution in [2.75, 3.05) is 19.7 Å². The molecule has 196 valence electrons. The van der Waals surface area contributed by atoms with Gasteiger partial charge in [-0.3, -0.25) is 24.3 Å². The molecule has 3 aromatic rings. The monoisotopic (exact) mass is 512 g/mol. The number of ether oxygens (including phenoxy) is 1. The number of piperidine rings is 1. The highest BCUT2D eigenvalue weighted by Gasteiger charge is 2.54. The van der Waals surface area contributed by atoms with E-state index in [9.17, 15) is 14.4 Å². The predicted molar refractivity (Wildman–Crippen MR) is 142 cm³/mol. The highest BCUT2D eigenvalue weighted by Crippen LogP contribution is 2.39. The molecule has 2 fully saturated rings. The van der Waals surface area contributed by atoms with Crippen molar-refractivity contribution >= 4 is 17.7 Å². The summed E-state index contributed by atoms with van der Waals surface area (Å²) in [7, 11) is 0. The van der Waals surface area contributed by atoms with E-state index in [0.29, 0.717) is 43.6 Å². The molecule has 5 rings (SSSR count). The first-order chi connectivity index (χ1) is 18.4. The van der Waals surface area contributed by atoms with Gasteiger partial charge in [0.1, 0.15) is 11.8 Å². The van der Waals surface area contributed by atoms with Crippen LogP contribution >= 0.6 is 0 Å². The van der Waals surface area contributed by atoms with Crippen LogP contribution in [0.25, 0.3) is 0 Å². The van der Waals surface area contributed by atoms with Crippen molar-refractivity contribution in [3.63, 3.8) is 0 Å². The number of carbonyl (C=O) groups is 3. The molecule has 38 heavy (non-hydrogen) atoms. The minimum Gasteiger partial charge on any atom is -0.353 e. The summed E-state index contributed by atoms with van der Waals surface area (Å²) < 4.78 is 6.29. The van der Waals surface area contributed by atoms with Crippen LogP contribution in [0, 0.1) is 13.8 Å². The van der Waals surface area contributed by atoms with Gasteiger partial charge in [0, 0.05) is 56.0 Å². The highest BCUT2D eigenvalue weighted by molar-refractivity contribution is 5.98. The molecule has 3 amide bonds. The van der Waals surface area contributed by atoms with Crippen LogP contribution in [0.4, 0.5) is 0 Å². The number of hydrogen-bond donors (Lipinski definition) is 1. The lowest BCUT2D eigenvalue weighted by Crippen LogP contribution is -2.59. The maximum Gasteiger partial charge on any atom is 0.256 e. The first-order valence-corrected chi connectivity index (χ1v) is 12.9. The Balaban J connectivity index is 1.36. The fourth-order valence-electron chi connectivity index (χ4n) is 5.15. The largest absolute Gasteiger partial charge is 0.353 e. The zero-order valence-corrected chi connectivity index (χ0v) is 21.7. The molecule has 1 aromatic heterocycles. The van der Waals surface area contributed by atoms with Gasteiger partial charge in [-0.15, -0.1) is 0 Å². The Bertz CT molecular complexity index is 1300. The summed E-state index contributed by atoms with van der Waals surface area (Å²) in [5.74, 6) is -0.553. The second kappa shape index (κ2) is 10.8. The predicted octanol–water partition coefficient (Wildman–Crippen LogP) is 3.49. The molecule has 1 spiro atoms. The van der Waals surface area contributed by atoms with Crippen LogP contribution in [0.5, 0.6) is 0 Å². The number of likely N-dealkylation sites (tertiary alicyclic amines) is 1. The van der Waals surface area contributed by atoms with E-state index in [2.05, 4.69) is 10.3 Å². The van der Waals surface area contributed by atoms with Crippen molar-refractivity contribution in [2.24, 2.45) is 0 Å². The highest BCUT2D eigenvalue weighted by atomic mass is 16.5. The molecule has 0 unspecified atom stereocenters. The summed E-state index contributed by atoms with van der Waals surface area (Å²) in [5.41, 5.74) is 3.25. The molecule has 0 aliphatic carbocycles. The molecule has 2 aliphatic heterocycles. The van der Waals surface area contributed by atoms with Crippen LogP contribution in [-0.4, -0.2) is 64.0 Å². The molecule has 0 bridgehead atoms. The van der Waals surface area contributed by atoms with Gasteiger partial charge in [-0.1, -0.05) is 35.4 Å². The molecule has 2 aliphatic rings. The van der Waals surface area contributed by atoms with Crippen LogP contribution in [0.2, 0.25) is 0 Å². The maximum atomic E-state index is 13.9. The lowest BCUT2D eigenvalue weighted by molar-refractivity contribution is -0.128. The number of aryl methyl sites for hydroxylation is 2. The van der Waals surface area contributed by atoms with E-state index in [1.807, 2.05) is 62.4 Å². The molecule has 8 heteroatoms. The van der Waals surface area contributed by atoms with Crippen LogP contribution in [0.15, 0.2) is 73.1 Å². The number of rotatable bonds is 5. The van der Waals surface area contributed by atoms with Gasteiger partial charge in [0.05, 0.1) is 6.61 Å². The Labute approximate surface area is 222 Å². The van der Waals surface area contributed by atoms with Crippen LogP contribution < -0.4 is 5.32 Å². The molecule has 8 nitrogen and oxygen atoms in total. The van der Waals surface area contributed by atoms with Gasteiger partial charge in [-0.2, -0.15) is 0 Å². The molecule has 0 saturated carbocycles. The van der Waals surface area contributed by atoms with Gasteiger partial charge in [0.2, 0.25) is 5.91 Å². The minimum absolute atomic E-state index is 0.0408. The fourth-order valence-corrected chi connectivity index (χ4v) is 5.15. The van der Waals surface area contributed by atoms with Gasteiger partial charge >= 0.3 is 0 Å². The van der Waals surface area contributed by atoms with Crippen LogP contribution in [0.3, 0.4) is 0 Å². The van der Waals surface area contributed by atoms with Gasteiger partial charge in [0.25, 0.3) is 11.8 Å². The molecule has 1 N–H and O–H groups in total. The zero-order chi connectivity index (χ0) is 26.7. The van der Waals surface area contributed by atoms with Crippen molar-refractivity contribution in [1.29, 1.82) is 0 Å². The number of nitrogens with one attached hydrogen (secondary N) is 1. The van der Waals surface area contributed by atoms with E-state index in [0.717, 1.165) is 16.7 Å². The van der Waals surface area contributed by atoms with Crippen molar-refractivity contribution < 1.29 is 19.1 Å². The fraction of sp³-hybridized carbons (Fsp3) is 0.333. The molecular weight excluding hydrogens is 480 g/mol. The lowest BCUT2D eigenvalue weighted by Gasteiger charge is -2.44. The van der Waals surface area contributed by atoms with Gasteiger partial charge in [-0.25, -0.2) is 0 Å². The van der Waals surface area contributed by atoms with Crippen molar-refractivity contribution in [3.05, 3.63) is 101 Å². The quantitative estimate of drug-likeness (QED) is 0.565. The van der Waals surface area contributed by atoms with Crippen LogP contribution in [0.1, 0.15) is 50.2 Å². The number of hydrogen-bond acceptors (Lipinski definition) is 5. The number of benzene rings is 2. The Hall–Kier alpha value is -4.04. The standard InChI is InChI=1S/C30H32N4O4/c1-21-3-7-24(8-4-21)28(36)33-17-13-30(14-18-33)34(29(37)25-9-5-22(2)6-10-25)26(20-38-30)27(35)32-19-23-11-15-31-16-12-23/h3-12,15-16,26H,13-14,17-20H2,1-2H3,(H,32,35)/t26-/m1/s1. The summed E-state index contributed by atoms with van der Waals surface area (Å²) in [6, 6.07) is 17.8.